The number of aliphatic hydroxyl groups excluding tert-OH is 1. The Morgan fingerprint density at radius 3 is 2.87 bits per heavy atom. The Labute approximate surface area is 88.3 Å². The smallest absolute Gasteiger partial charge is 0.141 e. The molecule has 1 aliphatic carbocycles. The summed E-state index contributed by atoms with van der Waals surface area (Å²) in [6, 6.07) is 1.86. The molecule has 4 heteroatoms. The van der Waals surface area contributed by atoms with Gasteiger partial charge in [0.15, 0.2) is 0 Å². The lowest BCUT2D eigenvalue weighted by Crippen LogP contribution is -2.44. The Morgan fingerprint density at radius 1 is 1.60 bits per heavy atom. The van der Waals surface area contributed by atoms with E-state index in [1.54, 1.807) is 6.20 Å². The van der Waals surface area contributed by atoms with Gasteiger partial charge in [-0.2, -0.15) is 0 Å². The monoisotopic (exact) mass is 210 g/mol. The number of nitrogens with zero attached hydrogens (tertiary/aromatic N) is 1. The van der Waals surface area contributed by atoms with E-state index in [0.717, 1.165) is 12.8 Å². The van der Waals surface area contributed by atoms with Gasteiger partial charge < -0.3 is 10.4 Å². The Bertz CT molecular complexity index is 354. The van der Waals surface area contributed by atoms with E-state index in [9.17, 15) is 9.50 Å². The van der Waals surface area contributed by atoms with Crippen molar-refractivity contribution in [3.63, 3.8) is 0 Å². The van der Waals surface area contributed by atoms with Gasteiger partial charge in [-0.1, -0.05) is 0 Å². The second-order valence-corrected chi connectivity index (χ2v) is 4.30. The third-order valence-electron chi connectivity index (χ3n) is 2.76. The zero-order valence-electron chi connectivity index (χ0n) is 8.70. The van der Waals surface area contributed by atoms with Crippen molar-refractivity contribution >= 4 is 0 Å². The normalized spacial score (nSPS) is 19.9. The average Bonchev–Trinajstić information content (AvgIpc) is 3.01. The Hall–Kier alpha value is -1.00. The standard InChI is InChI=1S/C11H15FN2O/c1-11(7-15,14-10-2-3-10)8-4-9(12)6-13-5-8/h4-6,10,14-15H,2-3,7H2,1H3. The van der Waals surface area contributed by atoms with Crippen LogP contribution in [0.4, 0.5) is 4.39 Å². The predicted molar refractivity (Wildman–Crippen MR) is 54.8 cm³/mol. The molecule has 0 aromatic carbocycles. The van der Waals surface area contributed by atoms with E-state index in [1.165, 1.54) is 12.3 Å². The molecule has 15 heavy (non-hydrogen) atoms. The number of halogens is 1. The van der Waals surface area contributed by atoms with Gasteiger partial charge in [-0.3, -0.25) is 4.98 Å². The van der Waals surface area contributed by atoms with Crippen LogP contribution in [0.15, 0.2) is 18.5 Å². The van der Waals surface area contributed by atoms with Crippen molar-refractivity contribution in [3.8, 4) is 0 Å². The van der Waals surface area contributed by atoms with Gasteiger partial charge in [-0.15, -0.1) is 0 Å². The fourth-order valence-corrected chi connectivity index (χ4v) is 1.61. The van der Waals surface area contributed by atoms with E-state index in [2.05, 4.69) is 10.3 Å². The van der Waals surface area contributed by atoms with Crippen LogP contribution in [0.25, 0.3) is 0 Å². The first-order valence-electron chi connectivity index (χ1n) is 5.14. The van der Waals surface area contributed by atoms with Crippen LogP contribution in [0.5, 0.6) is 0 Å². The molecule has 3 nitrogen and oxygen atoms in total. The van der Waals surface area contributed by atoms with E-state index in [-0.39, 0.29) is 12.4 Å². The van der Waals surface area contributed by atoms with Gasteiger partial charge in [0.1, 0.15) is 5.82 Å². The average molecular weight is 210 g/mol. The quantitative estimate of drug-likeness (QED) is 0.784. The van der Waals surface area contributed by atoms with Gasteiger partial charge in [-0.25, -0.2) is 4.39 Å². The largest absolute Gasteiger partial charge is 0.394 e. The molecule has 1 fully saturated rings. The second kappa shape index (κ2) is 3.87. The summed E-state index contributed by atoms with van der Waals surface area (Å²) in [5, 5.41) is 12.7. The fourth-order valence-electron chi connectivity index (χ4n) is 1.61. The van der Waals surface area contributed by atoms with Crippen molar-refractivity contribution in [2.24, 2.45) is 0 Å². The molecule has 0 saturated heterocycles. The molecule has 1 saturated carbocycles. The van der Waals surface area contributed by atoms with Gasteiger partial charge in [0.05, 0.1) is 18.3 Å². The first kappa shape index (κ1) is 10.5. The number of rotatable bonds is 4. The number of pyridine rings is 1. The maximum Gasteiger partial charge on any atom is 0.141 e. The van der Waals surface area contributed by atoms with Gasteiger partial charge in [0.2, 0.25) is 0 Å². The maximum absolute atomic E-state index is 13.0. The Morgan fingerprint density at radius 2 is 2.33 bits per heavy atom. The molecule has 1 unspecified atom stereocenters. The molecule has 0 amide bonds. The molecule has 1 aromatic heterocycles. The predicted octanol–water partition coefficient (Wildman–Crippen LogP) is 1.18. The molecular weight excluding hydrogens is 195 g/mol. The van der Waals surface area contributed by atoms with Crippen LogP contribution >= 0.6 is 0 Å². The molecule has 82 valence electrons. The van der Waals surface area contributed by atoms with Crippen LogP contribution in [-0.4, -0.2) is 22.7 Å². The zero-order valence-corrected chi connectivity index (χ0v) is 8.70. The van der Waals surface area contributed by atoms with Crippen LogP contribution in [-0.2, 0) is 5.54 Å². The lowest BCUT2D eigenvalue weighted by atomic mass is 9.94. The lowest BCUT2D eigenvalue weighted by Gasteiger charge is -2.29. The Balaban J connectivity index is 2.23. The number of hydrogen-bond donors (Lipinski definition) is 2. The van der Waals surface area contributed by atoms with Gasteiger partial charge in [0, 0.05) is 12.2 Å². The summed E-state index contributed by atoms with van der Waals surface area (Å²) in [7, 11) is 0. The molecule has 2 rings (SSSR count). The van der Waals surface area contributed by atoms with Gasteiger partial charge in [0.25, 0.3) is 0 Å². The minimum Gasteiger partial charge on any atom is -0.394 e. The molecular formula is C11H15FN2O. The molecule has 0 bridgehead atoms. The highest BCUT2D eigenvalue weighted by molar-refractivity contribution is 5.21. The third-order valence-corrected chi connectivity index (χ3v) is 2.76. The first-order valence-corrected chi connectivity index (χ1v) is 5.14. The lowest BCUT2D eigenvalue weighted by molar-refractivity contribution is 0.172. The van der Waals surface area contributed by atoms with Crippen LogP contribution in [0.1, 0.15) is 25.3 Å². The highest BCUT2D eigenvalue weighted by Crippen LogP contribution is 2.28. The minimum absolute atomic E-state index is 0.0609. The van der Waals surface area contributed by atoms with E-state index in [1.807, 2.05) is 6.92 Å². The molecule has 2 N–H and O–H groups in total. The van der Waals surface area contributed by atoms with Crippen molar-refractivity contribution in [2.45, 2.75) is 31.3 Å². The van der Waals surface area contributed by atoms with E-state index < -0.39 is 5.54 Å². The number of hydrogen-bond acceptors (Lipinski definition) is 3. The zero-order chi connectivity index (χ0) is 10.9. The number of aromatic nitrogens is 1. The topological polar surface area (TPSA) is 45.1 Å². The minimum atomic E-state index is -0.587. The molecule has 1 aromatic rings. The van der Waals surface area contributed by atoms with Crippen molar-refractivity contribution in [1.82, 2.24) is 10.3 Å². The highest BCUT2D eigenvalue weighted by Gasteiger charge is 2.33. The van der Waals surface area contributed by atoms with Crippen molar-refractivity contribution in [1.29, 1.82) is 0 Å². The third kappa shape index (κ3) is 2.33. The molecule has 0 radical (unpaired) electrons. The number of aliphatic hydroxyl groups is 1. The summed E-state index contributed by atoms with van der Waals surface area (Å²) in [5.74, 6) is -0.371. The fraction of sp³-hybridized carbons (Fsp3) is 0.545. The van der Waals surface area contributed by atoms with E-state index in [0.29, 0.717) is 11.6 Å². The second-order valence-electron chi connectivity index (χ2n) is 4.30. The van der Waals surface area contributed by atoms with Crippen LogP contribution in [0.3, 0.4) is 0 Å². The van der Waals surface area contributed by atoms with Crippen molar-refractivity contribution in [2.75, 3.05) is 6.61 Å². The summed E-state index contributed by atoms with van der Waals surface area (Å²) in [5.41, 5.74) is 0.105. The maximum atomic E-state index is 13.0. The number of nitrogens with one attached hydrogen (secondary N) is 1. The SMILES string of the molecule is CC(CO)(NC1CC1)c1cncc(F)c1. The van der Waals surface area contributed by atoms with E-state index in [4.69, 9.17) is 0 Å². The highest BCUT2D eigenvalue weighted by atomic mass is 19.1. The van der Waals surface area contributed by atoms with Crippen LogP contribution in [0, 0.1) is 5.82 Å². The summed E-state index contributed by atoms with van der Waals surface area (Å²) in [6.07, 6.45) is 5.00. The van der Waals surface area contributed by atoms with Crippen molar-refractivity contribution < 1.29 is 9.50 Å². The van der Waals surface area contributed by atoms with Crippen LogP contribution in [0.2, 0.25) is 0 Å². The molecule has 1 atom stereocenters. The van der Waals surface area contributed by atoms with Crippen molar-refractivity contribution in [3.05, 3.63) is 29.8 Å². The molecule has 0 aliphatic heterocycles. The summed E-state index contributed by atoms with van der Waals surface area (Å²) >= 11 is 0. The van der Waals surface area contributed by atoms with Crippen LogP contribution < -0.4 is 5.32 Å². The van der Waals surface area contributed by atoms with E-state index >= 15 is 0 Å². The summed E-state index contributed by atoms with van der Waals surface area (Å²) in [6.45, 7) is 1.80. The van der Waals surface area contributed by atoms with Gasteiger partial charge in [-0.05, 0) is 31.4 Å². The first-order chi connectivity index (χ1) is 7.14. The molecule has 1 heterocycles. The van der Waals surface area contributed by atoms with Gasteiger partial charge >= 0.3 is 0 Å². The molecule has 0 spiro atoms. The Kier molecular flexibility index (Phi) is 2.71. The summed E-state index contributed by atoms with van der Waals surface area (Å²) < 4.78 is 13.0. The molecule has 1 aliphatic rings. The summed E-state index contributed by atoms with van der Waals surface area (Å²) in [4.78, 5) is 3.80.